The lowest BCUT2D eigenvalue weighted by atomic mass is 9.94. The van der Waals surface area contributed by atoms with Gasteiger partial charge in [0.2, 0.25) is 5.91 Å². The molecule has 1 atom stereocenters. The highest BCUT2D eigenvalue weighted by Gasteiger charge is 2.17. The number of nitrogens with zero attached hydrogens (tertiary/aromatic N) is 1. The molecule has 0 radical (unpaired) electrons. The van der Waals surface area contributed by atoms with E-state index in [-0.39, 0.29) is 5.91 Å². The topological polar surface area (TPSA) is 32.3 Å². The Morgan fingerprint density at radius 1 is 1.30 bits per heavy atom. The molecule has 20 heavy (non-hydrogen) atoms. The molecular weight excluding hydrogens is 248 g/mol. The predicted octanol–water partition coefficient (Wildman–Crippen LogP) is 3.05. The zero-order valence-corrected chi connectivity index (χ0v) is 12.9. The Morgan fingerprint density at radius 2 is 2.00 bits per heavy atom. The smallest absolute Gasteiger partial charge is 0.226 e. The van der Waals surface area contributed by atoms with Gasteiger partial charge in [0.05, 0.1) is 0 Å². The number of piperidine rings is 1. The van der Waals surface area contributed by atoms with Crippen LogP contribution < -0.4 is 10.2 Å². The second-order valence-corrected chi connectivity index (χ2v) is 6.05. The minimum atomic E-state index is 0.223. The van der Waals surface area contributed by atoms with E-state index in [1.807, 2.05) is 7.05 Å². The average molecular weight is 274 g/mol. The van der Waals surface area contributed by atoms with E-state index in [1.165, 1.54) is 24.0 Å². The first-order valence-electron chi connectivity index (χ1n) is 7.62. The van der Waals surface area contributed by atoms with Crippen molar-refractivity contribution in [3.63, 3.8) is 0 Å². The van der Waals surface area contributed by atoms with Crippen LogP contribution >= 0.6 is 0 Å². The van der Waals surface area contributed by atoms with E-state index in [1.54, 1.807) is 4.90 Å². The maximum absolute atomic E-state index is 12.3. The van der Waals surface area contributed by atoms with E-state index in [9.17, 15) is 4.79 Å². The molecule has 1 saturated heterocycles. The molecule has 3 nitrogen and oxygen atoms in total. The molecule has 1 heterocycles. The summed E-state index contributed by atoms with van der Waals surface area (Å²) in [7, 11) is 1.88. The highest BCUT2D eigenvalue weighted by atomic mass is 16.2. The number of benzene rings is 1. The van der Waals surface area contributed by atoms with Gasteiger partial charge in [-0.15, -0.1) is 0 Å². The number of amides is 1. The van der Waals surface area contributed by atoms with Gasteiger partial charge in [-0.3, -0.25) is 4.79 Å². The molecule has 0 aromatic heterocycles. The summed E-state index contributed by atoms with van der Waals surface area (Å²) in [5.41, 5.74) is 3.42. The third-order valence-corrected chi connectivity index (χ3v) is 4.13. The average Bonchev–Trinajstić information content (AvgIpc) is 2.44. The van der Waals surface area contributed by atoms with Crippen LogP contribution in [0.3, 0.4) is 0 Å². The zero-order chi connectivity index (χ0) is 14.5. The summed E-state index contributed by atoms with van der Waals surface area (Å²) in [6, 6.07) is 6.29. The number of hydrogen-bond donors (Lipinski definition) is 1. The minimum Gasteiger partial charge on any atom is -0.316 e. The van der Waals surface area contributed by atoms with Crippen LogP contribution in [0.2, 0.25) is 0 Å². The van der Waals surface area contributed by atoms with Gasteiger partial charge in [0.25, 0.3) is 0 Å². The van der Waals surface area contributed by atoms with Crippen LogP contribution in [0.4, 0.5) is 5.69 Å². The highest BCUT2D eigenvalue weighted by molar-refractivity contribution is 5.92. The summed E-state index contributed by atoms with van der Waals surface area (Å²) >= 11 is 0. The Morgan fingerprint density at radius 3 is 2.60 bits per heavy atom. The van der Waals surface area contributed by atoms with E-state index < -0.39 is 0 Å². The second-order valence-electron chi connectivity index (χ2n) is 6.05. The van der Waals surface area contributed by atoms with Crippen LogP contribution in [-0.4, -0.2) is 26.0 Å². The maximum atomic E-state index is 12.3. The third-order valence-electron chi connectivity index (χ3n) is 4.13. The quantitative estimate of drug-likeness (QED) is 0.915. The number of rotatable bonds is 4. The van der Waals surface area contributed by atoms with Crippen molar-refractivity contribution in [3.05, 3.63) is 29.3 Å². The van der Waals surface area contributed by atoms with Crippen molar-refractivity contribution in [2.45, 2.75) is 39.5 Å². The van der Waals surface area contributed by atoms with Gasteiger partial charge in [0, 0.05) is 19.2 Å². The Balaban J connectivity index is 1.90. The highest BCUT2D eigenvalue weighted by Crippen LogP contribution is 2.21. The van der Waals surface area contributed by atoms with Gasteiger partial charge >= 0.3 is 0 Å². The first-order chi connectivity index (χ1) is 9.56. The van der Waals surface area contributed by atoms with Gasteiger partial charge in [0.15, 0.2) is 0 Å². The van der Waals surface area contributed by atoms with Crippen molar-refractivity contribution in [2.75, 3.05) is 25.0 Å². The van der Waals surface area contributed by atoms with Crippen LogP contribution in [-0.2, 0) is 4.79 Å². The molecule has 2 rings (SSSR count). The summed E-state index contributed by atoms with van der Waals surface area (Å²) in [6.45, 7) is 6.35. The fourth-order valence-corrected chi connectivity index (χ4v) is 2.95. The van der Waals surface area contributed by atoms with Crippen LogP contribution in [0.15, 0.2) is 18.2 Å². The Labute approximate surface area is 122 Å². The number of anilines is 1. The molecule has 0 spiro atoms. The number of carbonyl (C=O) groups is 1. The second kappa shape index (κ2) is 6.89. The molecule has 1 unspecified atom stereocenters. The van der Waals surface area contributed by atoms with Crippen molar-refractivity contribution in [1.29, 1.82) is 0 Å². The monoisotopic (exact) mass is 274 g/mol. The summed E-state index contributed by atoms with van der Waals surface area (Å²) < 4.78 is 0. The number of aryl methyl sites for hydroxylation is 2. The summed E-state index contributed by atoms with van der Waals surface area (Å²) in [5.74, 6) is 0.890. The molecule has 1 amide bonds. The first-order valence-corrected chi connectivity index (χ1v) is 7.62. The molecule has 1 aliphatic rings. The lowest BCUT2D eigenvalue weighted by molar-refractivity contribution is -0.118. The Hall–Kier alpha value is -1.35. The van der Waals surface area contributed by atoms with Crippen molar-refractivity contribution < 1.29 is 4.79 Å². The van der Waals surface area contributed by atoms with Crippen molar-refractivity contribution in [2.24, 2.45) is 5.92 Å². The molecule has 3 heteroatoms. The molecule has 1 aromatic rings. The van der Waals surface area contributed by atoms with Gasteiger partial charge in [-0.1, -0.05) is 6.07 Å². The summed E-state index contributed by atoms with van der Waals surface area (Å²) in [5, 5.41) is 3.41. The minimum absolute atomic E-state index is 0.223. The van der Waals surface area contributed by atoms with Gasteiger partial charge in [-0.25, -0.2) is 0 Å². The van der Waals surface area contributed by atoms with Crippen LogP contribution in [0, 0.1) is 19.8 Å². The normalized spacial score (nSPS) is 18.9. The van der Waals surface area contributed by atoms with Crippen molar-refractivity contribution >= 4 is 11.6 Å². The predicted molar refractivity (Wildman–Crippen MR) is 84.2 cm³/mol. The molecule has 1 fully saturated rings. The first kappa shape index (κ1) is 15.0. The van der Waals surface area contributed by atoms with Crippen LogP contribution in [0.5, 0.6) is 0 Å². The molecule has 0 bridgehead atoms. The number of hydrogen-bond acceptors (Lipinski definition) is 2. The molecular formula is C17H26N2O. The van der Waals surface area contributed by atoms with Crippen LogP contribution in [0.25, 0.3) is 0 Å². The fourth-order valence-electron chi connectivity index (χ4n) is 2.95. The SMILES string of the molecule is Cc1cc(C)cc(N(C)C(=O)CCC2CCCNC2)c1. The number of carbonyl (C=O) groups excluding carboxylic acids is 1. The lowest BCUT2D eigenvalue weighted by Crippen LogP contribution is -2.32. The molecule has 1 aromatic carbocycles. The van der Waals surface area contributed by atoms with Crippen molar-refractivity contribution in [3.8, 4) is 0 Å². The summed E-state index contributed by atoms with van der Waals surface area (Å²) in [4.78, 5) is 14.1. The van der Waals surface area contributed by atoms with Gasteiger partial charge in [-0.2, -0.15) is 0 Å². The lowest BCUT2D eigenvalue weighted by Gasteiger charge is -2.24. The van der Waals surface area contributed by atoms with E-state index in [2.05, 4.69) is 37.4 Å². The molecule has 110 valence electrons. The molecule has 1 N–H and O–H groups in total. The van der Waals surface area contributed by atoms with E-state index >= 15 is 0 Å². The molecule has 0 saturated carbocycles. The third kappa shape index (κ3) is 4.07. The maximum Gasteiger partial charge on any atom is 0.226 e. The summed E-state index contributed by atoms with van der Waals surface area (Å²) in [6.07, 6.45) is 4.15. The van der Waals surface area contributed by atoms with Gasteiger partial charge in [-0.05, 0) is 75.4 Å². The Kier molecular flexibility index (Phi) is 5.18. The standard InChI is InChI=1S/C17H26N2O/c1-13-9-14(2)11-16(10-13)19(3)17(20)7-6-15-5-4-8-18-12-15/h9-11,15,18H,4-8,12H2,1-3H3. The fraction of sp³-hybridized carbons (Fsp3) is 0.588. The van der Waals surface area contributed by atoms with Gasteiger partial charge in [0.1, 0.15) is 0 Å². The Bertz CT molecular complexity index is 444. The van der Waals surface area contributed by atoms with Crippen LogP contribution in [0.1, 0.15) is 36.8 Å². The molecule has 0 aliphatic carbocycles. The van der Waals surface area contributed by atoms with Gasteiger partial charge < -0.3 is 10.2 Å². The zero-order valence-electron chi connectivity index (χ0n) is 12.9. The molecule has 1 aliphatic heterocycles. The van der Waals surface area contributed by atoms with E-state index in [4.69, 9.17) is 0 Å². The van der Waals surface area contributed by atoms with E-state index in [0.717, 1.165) is 25.2 Å². The van der Waals surface area contributed by atoms with E-state index in [0.29, 0.717) is 12.3 Å². The number of nitrogens with one attached hydrogen (secondary N) is 1. The largest absolute Gasteiger partial charge is 0.316 e. The van der Waals surface area contributed by atoms with Crippen molar-refractivity contribution in [1.82, 2.24) is 5.32 Å².